The third kappa shape index (κ3) is 4.73. The van der Waals surface area contributed by atoms with Crippen LogP contribution in [0.2, 0.25) is 10.0 Å². The maximum atomic E-state index is 12.1. The number of benzene rings is 2. The molecular formula is C19H16Cl2N4O4. The number of hydrogen-bond acceptors (Lipinski definition) is 7. The normalized spacial score (nSPS) is 10.7. The smallest absolute Gasteiger partial charge is 0.331 e. The zero-order valence-electron chi connectivity index (χ0n) is 15.2. The maximum absolute atomic E-state index is 12.1. The standard InChI is InChI=1S/C19H16Cl2N4O4/c1-28-15(27)9-29-8-14(26)24-18-12(20)7-6-11(16(18)21)17-10-4-2-3-5-13(10)23-19(22)25-17/h2-7H,8-9H2,1H3,(H,24,26)(H2,22,23,25). The Balaban J connectivity index is 1.92. The minimum atomic E-state index is -0.593. The van der Waals surface area contributed by atoms with Crippen LogP contribution in [0.4, 0.5) is 11.6 Å². The number of methoxy groups -OCH3 is 1. The highest BCUT2D eigenvalue weighted by molar-refractivity contribution is 6.41. The van der Waals surface area contributed by atoms with Gasteiger partial charge in [0.25, 0.3) is 0 Å². The molecule has 3 rings (SSSR count). The van der Waals surface area contributed by atoms with Crippen molar-refractivity contribution < 1.29 is 19.1 Å². The van der Waals surface area contributed by atoms with Crippen LogP contribution in [0, 0.1) is 0 Å². The molecule has 29 heavy (non-hydrogen) atoms. The van der Waals surface area contributed by atoms with Gasteiger partial charge < -0.3 is 20.5 Å². The summed E-state index contributed by atoms with van der Waals surface area (Å²) in [5.74, 6) is -1.04. The van der Waals surface area contributed by atoms with Crippen molar-refractivity contribution in [3.63, 3.8) is 0 Å². The molecule has 0 radical (unpaired) electrons. The molecule has 0 aliphatic carbocycles. The van der Waals surface area contributed by atoms with E-state index in [9.17, 15) is 9.59 Å². The van der Waals surface area contributed by atoms with Gasteiger partial charge >= 0.3 is 5.97 Å². The first-order valence-corrected chi connectivity index (χ1v) is 9.11. The van der Waals surface area contributed by atoms with Crippen molar-refractivity contribution in [3.8, 4) is 11.3 Å². The molecule has 0 saturated carbocycles. The first-order valence-electron chi connectivity index (χ1n) is 8.35. The number of carbonyl (C=O) groups excluding carboxylic acids is 2. The van der Waals surface area contributed by atoms with Crippen molar-refractivity contribution in [2.75, 3.05) is 31.4 Å². The van der Waals surface area contributed by atoms with Gasteiger partial charge in [0.2, 0.25) is 11.9 Å². The second-order valence-electron chi connectivity index (χ2n) is 5.85. The predicted molar refractivity (Wildman–Crippen MR) is 111 cm³/mol. The van der Waals surface area contributed by atoms with E-state index in [4.69, 9.17) is 33.7 Å². The molecule has 10 heteroatoms. The highest BCUT2D eigenvalue weighted by Crippen LogP contribution is 2.40. The Morgan fingerprint density at radius 3 is 2.62 bits per heavy atom. The molecule has 1 heterocycles. The number of rotatable bonds is 6. The van der Waals surface area contributed by atoms with Gasteiger partial charge in [0.15, 0.2) is 0 Å². The van der Waals surface area contributed by atoms with Crippen molar-refractivity contribution in [1.29, 1.82) is 0 Å². The van der Waals surface area contributed by atoms with E-state index < -0.39 is 11.9 Å². The average Bonchev–Trinajstić information content (AvgIpc) is 2.70. The topological polar surface area (TPSA) is 116 Å². The summed E-state index contributed by atoms with van der Waals surface area (Å²) >= 11 is 12.8. The number of esters is 1. The Morgan fingerprint density at radius 1 is 1.10 bits per heavy atom. The Labute approximate surface area is 175 Å². The average molecular weight is 435 g/mol. The summed E-state index contributed by atoms with van der Waals surface area (Å²) in [6.07, 6.45) is 0. The molecule has 0 unspecified atom stereocenters. The first kappa shape index (κ1) is 20.8. The molecule has 2 aromatic carbocycles. The first-order chi connectivity index (χ1) is 13.9. The second-order valence-corrected chi connectivity index (χ2v) is 6.63. The number of para-hydroxylation sites is 1. The molecule has 0 fully saturated rings. The number of nitrogen functional groups attached to an aromatic ring is 1. The van der Waals surface area contributed by atoms with Crippen molar-refractivity contribution in [1.82, 2.24) is 9.97 Å². The van der Waals surface area contributed by atoms with Gasteiger partial charge in [-0.15, -0.1) is 0 Å². The fourth-order valence-electron chi connectivity index (χ4n) is 2.61. The number of hydrogen-bond donors (Lipinski definition) is 2. The lowest BCUT2D eigenvalue weighted by molar-refractivity contribution is -0.146. The Morgan fingerprint density at radius 2 is 1.86 bits per heavy atom. The fraction of sp³-hybridized carbons (Fsp3) is 0.158. The fourth-order valence-corrected chi connectivity index (χ4v) is 3.17. The molecular weight excluding hydrogens is 419 g/mol. The van der Waals surface area contributed by atoms with Crippen LogP contribution in [-0.2, 0) is 19.1 Å². The van der Waals surface area contributed by atoms with Crippen LogP contribution in [0.15, 0.2) is 36.4 Å². The summed E-state index contributed by atoms with van der Waals surface area (Å²) in [5.41, 5.74) is 7.71. The number of aromatic nitrogens is 2. The van der Waals surface area contributed by atoms with Gasteiger partial charge in [-0.25, -0.2) is 14.8 Å². The van der Waals surface area contributed by atoms with Gasteiger partial charge in [-0.3, -0.25) is 4.79 Å². The van der Waals surface area contributed by atoms with Gasteiger partial charge in [0.1, 0.15) is 13.2 Å². The molecule has 1 amide bonds. The number of nitrogens with two attached hydrogens (primary N) is 1. The predicted octanol–water partition coefficient (Wildman–Crippen LogP) is 3.31. The van der Waals surface area contributed by atoms with Crippen LogP contribution in [0.1, 0.15) is 0 Å². The van der Waals surface area contributed by atoms with Crippen LogP contribution >= 0.6 is 23.2 Å². The van der Waals surface area contributed by atoms with Crippen molar-refractivity contribution in [3.05, 3.63) is 46.4 Å². The number of ether oxygens (including phenoxy) is 2. The van der Waals surface area contributed by atoms with Crippen LogP contribution in [-0.4, -0.2) is 42.2 Å². The Hall–Kier alpha value is -2.94. The number of carbonyl (C=O) groups is 2. The zero-order chi connectivity index (χ0) is 21.0. The van der Waals surface area contributed by atoms with Gasteiger partial charge in [0, 0.05) is 10.9 Å². The Bertz CT molecular complexity index is 1090. The molecule has 0 saturated heterocycles. The third-order valence-corrected chi connectivity index (χ3v) is 4.62. The summed E-state index contributed by atoms with van der Waals surface area (Å²) in [5, 5.41) is 3.74. The molecule has 0 aliphatic heterocycles. The van der Waals surface area contributed by atoms with E-state index in [0.717, 1.165) is 5.39 Å². The highest BCUT2D eigenvalue weighted by Gasteiger charge is 2.18. The van der Waals surface area contributed by atoms with Crippen molar-refractivity contribution in [2.45, 2.75) is 0 Å². The second kappa shape index (κ2) is 9.04. The van der Waals surface area contributed by atoms with E-state index in [0.29, 0.717) is 16.8 Å². The van der Waals surface area contributed by atoms with Crippen LogP contribution in [0.25, 0.3) is 22.2 Å². The lowest BCUT2D eigenvalue weighted by atomic mass is 10.1. The van der Waals surface area contributed by atoms with Crippen LogP contribution in [0.5, 0.6) is 0 Å². The molecule has 150 valence electrons. The molecule has 1 aromatic heterocycles. The van der Waals surface area contributed by atoms with Gasteiger partial charge in [-0.1, -0.05) is 41.4 Å². The molecule has 0 atom stereocenters. The molecule has 0 bridgehead atoms. The molecule has 3 N–H and O–H groups in total. The van der Waals surface area contributed by atoms with Gasteiger partial charge in [0.05, 0.1) is 34.1 Å². The molecule has 0 spiro atoms. The summed E-state index contributed by atoms with van der Waals surface area (Å²) in [6, 6.07) is 10.6. The maximum Gasteiger partial charge on any atom is 0.331 e. The minimum absolute atomic E-state index is 0.0894. The summed E-state index contributed by atoms with van der Waals surface area (Å²) < 4.78 is 9.42. The number of nitrogens with one attached hydrogen (secondary N) is 1. The summed E-state index contributed by atoms with van der Waals surface area (Å²) in [4.78, 5) is 31.7. The number of halogens is 2. The van der Waals surface area contributed by atoms with Crippen LogP contribution < -0.4 is 11.1 Å². The van der Waals surface area contributed by atoms with E-state index >= 15 is 0 Å². The van der Waals surface area contributed by atoms with Crippen molar-refractivity contribution in [2.24, 2.45) is 0 Å². The van der Waals surface area contributed by atoms with E-state index in [-0.39, 0.29) is 34.9 Å². The van der Waals surface area contributed by atoms with Crippen molar-refractivity contribution >= 4 is 57.6 Å². The third-order valence-electron chi connectivity index (χ3n) is 3.91. The number of fused-ring (bicyclic) bond motifs is 1. The SMILES string of the molecule is COC(=O)COCC(=O)Nc1c(Cl)ccc(-c2nc(N)nc3ccccc23)c1Cl. The van der Waals surface area contributed by atoms with E-state index in [1.165, 1.54) is 7.11 Å². The molecule has 3 aromatic rings. The Kier molecular flexibility index (Phi) is 6.48. The largest absolute Gasteiger partial charge is 0.467 e. The summed E-state index contributed by atoms with van der Waals surface area (Å²) in [7, 11) is 1.22. The number of anilines is 2. The monoisotopic (exact) mass is 434 g/mol. The quantitative estimate of drug-likeness (QED) is 0.571. The molecule has 0 aliphatic rings. The number of amides is 1. The lowest BCUT2D eigenvalue weighted by Gasteiger charge is -2.14. The van der Waals surface area contributed by atoms with Gasteiger partial charge in [-0.2, -0.15) is 0 Å². The lowest BCUT2D eigenvalue weighted by Crippen LogP contribution is -2.21. The molecule has 8 nitrogen and oxygen atoms in total. The minimum Gasteiger partial charge on any atom is -0.467 e. The number of nitrogens with zero attached hydrogens (tertiary/aromatic N) is 2. The van der Waals surface area contributed by atoms with Gasteiger partial charge in [-0.05, 0) is 18.2 Å². The van der Waals surface area contributed by atoms with E-state index in [1.54, 1.807) is 12.1 Å². The summed E-state index contributed by atoms with van der Waals surface area (Å²) in [6.45, 7) is -0.729. The highest BCUT2D eigenvalue weighted by atomic mass is 35.5. The van der Waals surface area contributed by atoms with Crippen LogP contribution in [0.3, 0.4) is 0 Å². The zero-order valence-corrected chi connectivity index (χ0v) is 16.8. The van der Waals surface area contributed by atoms with E-state index in [2.05, 4.69) is 20.0 Å². The van der Waals surface area contributed by atoms with E-state index in [1.807, 2.05) is 24.3 Å².